The number of hydrogen-bond acceptors (Lipinski definition) is 3. The van der Waals surface area contributed by atoms with Gasteiger partial charge in [0.1, 0.15) is 5.82 Å². The predicted octanol–water partition coefficient (Wildman–Crippen LogP) is 4.78. The summed E-state index contributed by atoms with van der Waals surface area (Å²) in [6, 6.07) is 10.0. The molecule has 0 spiro atoms. The van der Waals surface area contributed by atoms with E-state index in [2.05, 4.69) is 21.2 Å². The highest BCUT2D eigenvalue weighted by Gasteiger charge is 2.11. The number of hydrogen-bond donors (Lipinski definition) is 2. The molecule has 7 heteroatoms. The van der Waals surface area contributed by atoms with E-state index in [-0.39, 0.29) is 5.56 Å². The average Bonchev–Trinajstić information content (AvgIpc) is 2.47. The van der Waals surface area contributed by atoms with Gasteiger partial charge in [-0.15, -0.1) is 11.8 Å². The number of nitrogens with one attached hydrogen (secondary N) is 1. The van der Waals surface area contributed by atoms with Gasteiger partial charge >= 0.3 is 6.09 Å². The van der Waals surface area contributed by atoms with Crippen molar-refractivity contribution in [1.82, 2.24) is 0 Å². The van der Waals surface area contributed by atoms with Crippen LogP contribution in [-0.2, 0) is 5.75 Å². The molecule has 0 unspecified atom stereocenters. The molecule has 0 radical (unpaired) electrons. The minimum atomic E-state index is -1.14. The summed E-state index contributed by atoms with van der Waals surface area (Å²) in [6.07, 6.45) is -0.665. The van der Waals surface area contributed by atoms with E-state index in [1.807, 2.05) is 0 Å². The lowest BCUT2D eigenvalue weighted by molar-refractivity contribution is 0.111. The summed E-state index contributed by atoms with van der Waals surface area (Å²) in [7, 11) is 0. The summed E-state index contributed by atoms with van der Waals surface area (Å²) in [5, 5.41) is 10.9. The van der Waals surface area contributed by atoms with E-state index in [1.54, 1.807) is 36.4 Å². The first-order chi connectivity index (χ1) is 10.5. The molecule has 2 aromatic rings. The zero-order valence-corrected chi connectivity index (χ0v) is 13.6. The van der Waals surface area contributed by atoms with Gasteiger partial charge in [0.15, 0.2) is 6.29 Å². The van der Waals surface area contributed by atoms with Crippen LogP contribution in [0.15, 0.2) is 45.8 Å². The lowest BCUT2D eigenvalue weighted by atomic mass is 10.1. The first-order valence-electron chi connectivity index (χ1n) is 6.16. The molecule has 0 saturated carbocycles. The zero-order chi connectivity index (χ0) is 16.1. The predicted molar refractivity (Wildman–Crippen MR) is 87.1 cm³/mol. The number of carboxylic acid groups (broad SMARTS) is 1. The van der Waals surface area contributed by atoms with Crippen LogP contribution in [0.4, 0.5) is 14.9 Å². The summed E-state index contributed by atoms with van der Waals surface area (Å²) < 4.78 is 14.5. The second-order valence-electron chi connectivity index (χ2n) is 4.30. The first-order valence-corrected chi connectivity index (χ1v) is 7.94. The highest BCUT2D eigenvalue weighted by molar-refractivity contribution is 9.10. The van der Waals surface area contributed by atoms with Crippen LogP contribution in [0.3, 0.4) is 0 Å². The molecule has 1 amide bonds. The van der Waals surface area contributed by atoms with E-state index in [9.17, 15) is 14.0 Å². The summed E-state index contributed by atoms with van der Waals surface area (Å²) in [4.78, 5) is 22.3. The maximum absolute atomic E-state index is 14.1. The molecule has 0 saturated heterocycles. The molecule has 4 nitrogen and oxygen atoms in total. The number of benzene rings is 2. The maximum atomic E-state index is 14.1. The Morgan fingerprint density at radius 1 is 1.36 bits per heavy atom. The van der Waals surface area contributed by atoms with Crippen LogP contribution in [-0.4, -0.2) is 17.5 Å². The van der Waals surface area contributed by atoms with Gasteiger partial charge in [-0.1, -0.05) is 12.1 Å². The molecule has 0 aromatic heterocycles. The number of halogens is 2. The van der Waals surface area contributed by atoms with Crippen molar-refractivity contribution >= 4 is 45.8 Å². The van der Waals surface area contributed by atoms with Crippen LogP contribution >= 0.6 is 27.7 Å². The van der Waals surface area contributed by atoms with Gasteiger partial charge in [-0.25, -0.2) is 9.18 Å². The van der Waals surface area contributed by atoms with Crippen molar-refractivity contribution in [2.75, 3.05) is 5.32 Å². The summed E-state index contributed by atoms with van der Waals surface area (Å²) in [6.45, 7) is 0. The zero-order valence-electron chi connectivity index (χ0n) is 11.2. The largest absolute Gasteiger partial charge is 0.465 e. The Kier molecular flexibility index (Phi) is 5.57. The van der Waals surface area contributed by atoms with Crippen molar-refractivity contribution < 1.29 is 19.1 Å². The normalized spacial score (nSPS) is 10.3. The Morgan fingerprint density at radius 2 is 2.14 bits per heavy atom. The summed E-state index contributed by atoms with van der Waals surface area (Å²) in [5.74, 6) is -0.215. The van der Waals surface area contributed by atoms with E-state index in [1.165, 1.54) is 11.8 Å². The van der Waals surface area contributed by atoms with E-state index in [0.29, 0.717) is 27.8 Å². The van der Waals surface area contributed by atoms with Gasteiger partial charge < -0.3 is 5.11 Å². The van der Waals surface area contributed by atoms with E-state index < -0.39 is 11.9 Å². The molecule has 0 aliphatic rings. The molecule has 0 bridgehead atoms. The van der Waals surface area contributed by atoms with E-state index in [4.69, 9.17) is 5.11 Å². The number of anilines is 1. The monoisotopic (exact) mass is 383 g/mol. The molecule has 2 rings (SSSR count). The fraction of sp³-hybridized carbons (Fsp3) is 0.0667. The summed E-state index contributed by atoms with van der Waals surface area (Å²) >= 11 is 4.48. The number of thioether (sulfide) groups is 1. The fourth-order valence-corrected chi connectivity index (χ4v) is 3.11. The number of carbonyl (C=O) groups excluding carboxylic acids is 1. The van der Waals surface area contributed by atoms with Crippen LogP contribution in [0.5, 0.6) is 0 Å². The van der Waals surface area contributed by atoms with Crippen LogP contribution in [0.2, 0.25) is 0 Å². The van der Waals surface area contributed by atoms with Gasteiger partial charge in [0.2, 0.25) is 0 Å². The molecule has 0 aliphatic heterocycles. The molecule has 0 fully saturated rings. The van der Waals surface area contributed by atoms with Gasteiger partial charge in [-0.3, -0.25) is 10.1 Å². The summed E-state index contributed by atoms with van der Waals surface area (Å²) in [5.41, 5.74) is 0.855. The highest BCUT2D eigenvalue weighted by Crippen LogP contribution is 2.29. The molecule has 22 heavy (non-hydrogen) atoms. The maximum Gasteiger partial charge on any atom is 0.409 e. The van der Waals surface area contributed by atoms with Crippen molar-refractivity contribution in [3.05, 3.63) is 57.8 Å². The molecule has 0 aliphatic carbocycles. The van der Waals surface area contributed by atoms with Crippen molar-refractivity contribution in [3.63, 3.8) is 0 Å². The third-order valence-electron chi connectivity index (χ3n) is 2.80. The molecule has 114 valence electrons. The first kappa shape index (κ1) is 16.5. The SMILES string of the molecule is O=Cc1c(Br)ccc(CSc2cccc(NC(=O)O)c2)c1F. The van der Waals surface area contributed by atoms with Crippen LogP contribution < -0.4 is 5.32 Å². The van der Waals surface area contributed by atoms with E-state index in [0.717, 1.165) is 4.90 Å². The van der Waals surface area contributed by atoms with Gasteiger partial charge in [0, 0.05) is 20.8 Å². The number of rotatable bonds is 5. The van der Waals surface area contributed by atoms with Crippen molar-refractivity contribution in [2.45, 2.75) is 10.6 Å². The van der Waals surface area contributed by atoms with Crippen LogP contribution in [0.25, 0.3) is 0 Å². The topological polar surface area (TPSA) is 66.4 Å². The standard InChI is InChI=1S/C15H11BrFNO3S/c16-13-5-4-9(14(17)12(13)7-19)8-22-11-3-1-2-10(6-11)18-15(20)21/h1-7,18H,8H2,(H,20,21). The van der Waals surface area contributed by atoms with Crippen LogP contribution in [0.1, 0.15) is 15.9 Å². The molecular formula is C15H11BrFNO3S. The molecule has 0 atom stereocenters. The quantitative estimate of drug-likeness (QED) is 0.575. The lowest BCUT2D eigenvalue weighted by Crippen LogP contribution is -2.06. The minimum absolute atomic E-state index is 0.000561. The number of carbonyl (C=O) groups is 2. The Bertz CT molecular complexity index is 724. The minimum Gasteiger partial charge on any atom is -0.465 e. The van der Waals surface area contributed by atoms with Gasteiger partial charge in [-0.2, -0.15) is 0 Å². The van der Waals surface area contributed by atoms with Crippen molar-refractivity contribution in [3.8, 4) is 0 Å². The second-order valence-corrected chi connectivity index (χ2v) is 6.20. The molecule has 0 heterocycles. The number of amides is 1. The van der Waals surface area contributed by atoms with Gasteiger partial charge in [-0.05, 0) is 45.8 Å². The average molecular weight is 384 g/mol. The van der Waals surface area contributed by atoms with Crippen molar-refractivity contribution in [2.24, 2.45) is 0 Å². The second kappa shape index (κ2) is 7.42. The van der Waals surface area contributed by atoms with Gasteiger partial charge in [0.05, 0.1) is 5.56 Å². The smallest absolute Gasteiger partial charge is 0.409 e. The number of aldehydes is 1. The van der Waals surface area contributed by atoms with Gasteiger partial charge in [0.25, 0.3) is 0 Å². The van der Waals surface area contributed by atoms with E-state index >= 15 is 0 Å². The van der Waals surface area contributed by atoms with Crippen molar-refractivity contribution in [1.29, 1.82) is 0 Å². The molecule has 2 N–H and O–H groups in total. The molecule has 2 aromatic carbocycles. The van der Waals surface area contributed by atoms with Crippen LogP contribution in [0, 0.1) is 5.82 Å². The third kappa shape index (κ3) is 4.08. The lowest BCUT2D eigenvalue weighted by Gasteiger charge is -2.08. The Balaban J connectivity index is 2.13. The third-order valence-corrected chi connectivity index (χ3v) is 4.54. The Morgan fingerprint density at radius 3 is 2.82 bits per heavy atom. The Hall–Kier alpha value is -1.86. The Labute approximate surface area is 138 Å². The molecular weight excluding hydrogens is 373 g/mol. The fourth-order valence-electron chi connectivity index (χ4n) is 1.78. The highest BCUT2D eigenvalue weighted by atomic mass is 79.9.